The van der Waals surface area contributed by atoms with Gasteiger partial charge in [0.2, 0.25) is 10.0 Å². The summed E-state index contributed by atoms with van der Waals surface area (Å²) < 4.78 is 26.4. The maximum atomic E-state index is 12.5. The van der Waals surface area contributed by atoms with Crippen LogP contribution in [0.4, 0.5) is 5.69 Å². The van der Waals surface area contributed by atoms with E-state index in [9.17, 15) is 8.42 Å². The summed E-state index contributed by atoms with van der Waals surface area (Å²) in [4.78, 5) is 4.03. The average molecular weight is 325 g/mol. The van der Waals surface area contributed by atoms with Crippen LogP contribution in [0.5, 0.6) is 0 Å². The number of nitrogens with zero attached hydrogens (tertiary/aromatic N) is 2. The number of sulfonamides is 1. The van der Waals surface area contributed by atoms with Crippen molar-refractivity contribution in [3.8, 4) is 0 Å². The van der Waals surface area contributed by atoms with Gasteiger partial charge in [0.15, 0.2) is 0 Å². The lowest BCUT2D eigenvalue weighted by atomic mass is 10.2. The Morgan fingerprint density at radius 2 is 2.05 bits per heavy atom. The minimum atomic E-state index is -3.39. The van der Waals surface area contributed by atoms with Gasteiger partial charge >= 0.3 is 0 Å². The number of pyridine rings is 1. The molecule has 0 N–H and O–H groups in total. The number of aromatic nitrogens is 1. The van der Waals surface area contributed by atoms with Crippen LogP contribution < -0.4 is 4.31 Å². The van der Waals surface area contributed by atoms with Crippen molar-refractivity contribution in [3.05, 3.63) is 59.4 Å². The van der Waals surface area contributed by atoms with Crippen LogP contribution in [0.1, 0.15) is 18.9 Å². The molecule has 0 fully saturated rings. The summed E-state index contributed by atoms with van der Waals surface area (Å²) in [6.07, 6.45) is 3.89. The molecule has 6 heteroatoms. The highest BCUT2D eigenvalue weighted by Gasteiger charge is 2.22. The molecule has 0 radical (unpaired) electrons. The fraction of sp³-hybridized carbons (Fsp3) is 0.267. The van der Waals surface area contributed by atoms with E-state index in [2.05, 4.69) is 4.98 Å². The molecule has 0 spiro atoms. The second-order valence-corrected chi connectivity index (χ2v) is 7.11. The molecule has 0 bridgehead atoms. The summed E-state index contributed by atoms with van der Waals surface area (Å²) in [5.41, 5.74) is 1.40. The van der Waals surface area contributed by atoms with Crippen molar-refractivity contribution in [2.75, 3.05) is 10.1 Å². The molecule has 0 amide bonds. The zero-order valence-corrected chi connectivity index (χ0v) is 13.3. The van der Waals surface area contributed by atoms with Gasteiger partial charge in [-0.2, -0.15) is 0 Å². The highest BCUT2D eigenvalue weighted by Crippen LogP contribution is 2.24. The van der Waals surface area contributed by atoms with Crippen LogP contribution in [0.15, 0.2) is 48.8 Å². The van der Waals surface area contributed by atoms with Crippen LogP contribution in [-0.4, -0.2) is 19.2 Å². The molecule has 21 heavy (non-hydrogen) atoms. The standard InChI is InChI=1S/C15H17ClN2O2S/c1-2-9-21(19,20)18(12-13-5-4-8-17-11-13)15-7-3-6-14(16)10-15/h3-8,10-11H,2,9,12H2,1H3. The summed E-state index contributed by atoms with van der Waals surface area (Å²) in [6, 6.07) is 10.5. The van der Waals surface area contributed by atoms with Gasteiger partial charge in [-0.15, -0.1) is 0 Å². The molecule has 2 aromatic rings. The van der Waals surface area contributed by atoms with Gasteiger partial charge in [0.25, 0.3) is 0 Å². The van der Waals surface area contributed by atoms with Crippen molar-refractivity contribution >= 4 is 27.3 Å². The largest absolute Gasteiger partial charge is 0.266 e. The van der Waals surface area contributed by atoms with E-state index >= 15 is 0 Å². The van der Waals surface area contributed by atoms with Crippen LogP contribution in [0, 0.1) is 0 Å². The Balaban J connectivity index is 2.40. The quantitative estimate of drug-likeness (QED) is 0.817. The molecule has 0 aliphatic rings. The van der Waals surface area contributed by atoms with E-state index in [0.29, 0.717) is 17.1 Å². The van der Waals surface area contributed by atoms with Crippen molar-refractivity contribution in [2.45, 2.75) is 19.9 Å². The zero-order valence-electron chi connectivity index (χ0n) is 11.7. The summed E-state index contributed by atoms with van der Waals surface area (Å²) in [7, 11) is -3.39. The first-order chi connectivity index (χ1) is 10.0. The van der Waals surface area contributed by atoms with Crippen LogP contribution in [0.25, 0.3) is 0 Å². The second kappa shape index (κ2) is 6.91. The lowest BCUT2D eigenvalue weighted by molar-refractivity contribution is 0.589. The number of hydrogen-bond donors (Lipinski definition) is 0. The first kappa shape index (κ1) is 15.8. The van der Waals surface area contributed by atoms with Crippen LogP contribution in [0.3, 0.4) is 0 Å². The topological polar surface area (TPSA) is 50.3 Å². The van der Waals surface area contributed by atoms with Gasteiger partial charge in [0.05, 0.1) is 18.0 Å². The summed E-state index contributed by atoms with van der Waals surface area (Å²) in [5.74, 6) is 0.0970. The Labute approximate surface area is 130 Å². The monoisotopic (exact) mass is 324 g/mol. The summed E-state index contributed by atoms with van der Waals surface area (Å²) in [5, 5.41) is 0.510. The van der Waals surface area contributed by atoms with Crippen LogP contribution >= 0.6 is 11.6 Å². The third-order valence-electron chi connectivity index (χ3n) is 2.94. The van der Waals surface area contributed by atoms with Gasteiger partial charge in [0.1, 0.15) is 0 Å². The Kier molecular flexibility index (Phi) is 5.20. The number of anilines is 1. The molecule has 112 valence electrons. The Morgan fingerprint density at radius 1 is 1.24 bits per heavy atom. The smallest absolute Gasteiger partial charge is 0.235 e. The van der Waals surface area contributed by atoms with Crippen molar-refractivity contribution in [3.63, 3.8) is 0 Å². The van der Waals surface area contributed by atoms with Crippen molar-refractivity contribution in [2.24, 2.45) is 0 Å². The second-order valence-electron chi connectivity index (χ2n) is 4.66. The lowest BCUT2D eigenvalue weighted by Gasteiger charge is -2.24. The molecular weight excluding hydrogens is 308 g/mol. The van der Waals surface area contributed by atoms with E-state index in [4.69, 9.17) is 11.6 Å². The minimum absolute atomic E-state index is 0.0970. The Morgan fingerprint density at radius 3 is 2.67 bits per heavy atom. The fourth-order valence-electron chi connectivity index (χ4n) is 2.01. The average Bonchev–Trinajstić information content (AvgIpc) is 2.45. The predicted octanol–water partition coefficient (Wildman–Crippen LogP) is 3.48. The van der Waals surface area contributed by atoms with Gasteiger partial charge in [-0.25, -0.2) is 8.42 Å². The van der Waals surface area contributed by atoms with E-state index in [-0.39, 0.29) is 12.3 Å². The first-order valence-corrected chi connectivity index (χ1v) is 8.66. The summed E-state index contributed by atoms with van der Waals surface area (Å²) in [6.45, 7) is 2.09. The van der Waals surface area contributed by atoms with E-state index in [1.807, 2.05) is 13.0 Å². The van der Waals surface area contributed by atoms with E-state index in [1.165, 1.54) is 4.31 Å². The molecular formula is C15H17ClN2O2S. The van der Waals surface area contributed by atoms with Crippen molar-refractivity contribution < 1.29 is 8.42 Å². The third-order valence-corrected chi connectivity index (χ3v) is 5.11. The molecule has 0 saturated carbocycles. The molecule has 1 aromatic heterocycles. The van der Waals surface area contributed by atoms with E-state index in [0.717, 1.165) is 5.56 Å². The third kappa shape index (κ3) is 4.19. The van der Waals surface area contributed by atoms with Crippen LogP contribution in [-0.2, 0) is 16.6 Å². The number of halogens is 1. The maximum Gasteiger partial charge on any atom is 0.235 e. The molecule has 0 unspecified atom stereocenters. The van der Waals surface area contributed by atoms with Crippen molar-refractivity contribution in [1.29, 1.82) is 0 Å². The fourth-order valence-corrected chi connectivity index (χ4v) is 3.71. The van der Waals surface area contributed by atoms with Gasteiger partial charge in [-0.3, -0.25) is 9.29 Å². The first-order valence-electron chi connectivity index (χ1n) is 6.68. The van der Waals surface area contributed by atoms with Crippen LogP contribution in [0.2, 0.25) is 5.02 Å². The van der Waals surface area contributed by atoms with E-state index < -0.39 is 10.0 Å². The highest BCUT2D eigenvalue weighted by atomic mass is 35.5. The lowest BCUT2D eigenvalue weighted by Crippen LogP contribution is -2.32. The van der Waals surface area contributed by atoms with Gasteiger partial charge in [0, 0.05) is 17.4 Å². The minimum Gasteiger partial charge on any atom is -0.266 e. The Hall–Kier alpha value is -1.59. The SMILES string of the molecule is CCCS(=O)(=O)N(Cc1cccnc1)c1cccc(Cl)c1. The molecule has 0 saturated heterocycles. The van der Waals surface area contributed by atoms with E-state index in [1.54, 1.807) is 42.7 Å². The van der Waals surface area contributed by atoms with Crippen molar-refractivity contribution in [1.82, 2.24) is 4.98 Å². The molecule has 1 heterocycles. The Bertz CT molecular complexity index is 690. The molecule has 2 rings (SSSR count). The molecule has 1 aromatic carbocycles. The molecule has 0 aliphatic carbocycles. The normalized spacial score (nSPS) is 11.3. The van der Waals surface area contributed by atoms with Gasteiger partial charge in [-0.1, -0.05) is 30.7 Å². The number of rotatable bonds is 6. The molecule has 0 aliphatic heterocycles. The summed E-state index contributed by atoms with van der Waals surface area (Å²) >= 11 is 5.99. The molecule has 4 nitrogen and oxygen atoms in total. The number of benzene rings is 1. The molecule has 0 atom stereocenters. The van der Waals surface area contributed by atoms with Gasteiger partial charge in [-0.05, 0) is 36.2 Å². The maximum absolute atomic E-state index is 12.5. The van der Waals surface area contributed by atoms with Gasteiger partial charge < -0.3 is 0 Å². The predicted molar refractivity (Wildman–Crippen MR) is 85.9 cm³/mol. The highest BCUT2D eigenvalue weighted by molar-refractivity contribution is 7.92. The number of hydrogen-bond acceptors (Lipinski definition) is 3. The zero-order chi connectivity index (χ0) is 15.3.